The number of esters is 1. The van der Waals surface area contributed by atoms with Crippen LogP contribution in [0, 0.1) is 10.1 Å². The molecule has 2 aromatic rings. The summed E-state index contributed by atoms with van der Waals surface area (Å²) in [6, 6.07) is 5.58. The van der Waals surface area contributed by atoms with Gasteiger partial charge in [-0.3, -0.25) is 29.4 Å². The fraction of sp³-hybridized carbons (Fsp3) is 0.273. The molecule has 13 nitrogen and oxygen atoms in total. The maximum absolute atomic E-state index is 12.7. The predicted octanol–water partition coefficient (Wildman–Crippen LogP) is 2.34. The van der Waals surface area contributed by atoms with Gasteiger partial charge in [0.2, 0.25) is 0 Å². The number of benzene rings is 1. The van der Waals surface area contributed by atoms with E-state index < -0.39 is 40.1 Å². The summed E-state index contributed by atoms with van der Waals surface area (Å²) in [5.41, 5.74) is -0.171. The quantitative estimate of drug-likeness (QED) is 0.202. The Balaban J connectivity index is 1.37. The molecule has 2 amide bonds. The van der Waals surface area contributed by atoms with Crippen molar-refractivity contribution in [2.45, 2.75) is 24.9 Å². The molecular formula is C22H18ClN3O10S. The number of rotatable bonds is 9. The molecule has 1 fully saturated rings. The Hall–Kier alpha value is -4.04. The molecule has 2 atom stereocenters. The van der Waals surface area contributed by atoms with Gasteiger partial charge in [0.15, 0.2) is 5.76 Å². The summed E-state index contributed by atoms with van der Waals surface area (Å²) in [5, 5.41) is 22.3. The van der Waals surface area contributed by atoms with Crippen molar-refractivity contribution in [2.24, 2.45) is 0 Å². The lowest BCUT2D eigenvalue weighted by atomic mass is 10.0. The first-order valence-corrected chi connectivity index (χ1v) is 12.0. The number of carboxylic acids is 1. The monoisotopic (exact) mass is 551 g/mol. The Labute approximate surface area is 217 Å². The molecule has 194 valence electrons. The van der Waals surface area contributed by atoms with E-state index in [1.807, 2.05) is 0 Å². The second kappa shape index (κ2) is 10.5. The van der Waals surface area contributed by atoms with E-state index in [-0.39, 0.29) is 58.2 Å². The topological polar surface area (TPSA) is 179 Å². The SMILES string of the molecule is CC(=O)OCC1=C(C(=O)O)N2C(=O)[C@@H](NC(=O)c3ccc(COc4ccc([N+](=O)[O-])cc4Cl)o3)[C@@H]2SC1. The number of non-ortho nitro benzene ring substituents is 1. The molecule has 0 bridgehead atoms. The molecule has 0 spiro atoms. The maximum atomic E-state index is 12.7. The molecule has 4 rings (SSSR count). The van der Waals surface area contributed by atoms with Crippen molar-refractivity contribution in [3.8, 4) is 5.75 Å². The zero-order valence-electron chi connectivity index (χ0n) is 19.0. The number of hydrogen-bond acceptors (Lipinski definition) is 10. The molecule has 1 aromatic heterocycles. The van der Waals surface area contributed by atoms with Crippen molar-refractivity contribution < 1.29 is 43.1 Å². The third-order valence-electron chi connectivity index (χ3n) is 5.37. The van der Waals surface area contributed by atoms with Crippen LogP contribution in [0.5, 0.6) is 5.75 Å². The molecule has 15 heteroatoms. The van der Waals surface area contributed by atoms with E-state index in [0.29, 0.717) is 0 Å². The maximum Gasteiger partial charge on any atom is 0.352 e. The van der Waals surface area contributed by atoms with Crippen molar-refractivity contribution in [3.05, 3.63) is 68.3 Å². The van der Waals surface area contributed by atoms with Crippen LogP contribution in [0.4, 0.5) is 5.69 Å². The van der Waals surface area contributed by atoms with Gasteiger partial charge in [-0.25, -0.2) is 4.79 Å². The Bertz CT molecular complexity index is 1340. The standard InChI is InChI=1S/C22H18ClN3O10S/c1-10(27)34-7-11-9-37-21-17(20(29)25(21)18(11)22(30)31)24-19(28)16-5-3-13(36-16)8-35-15-4-2-12(26(32)33)6-14(15)23/h2-6,17,21H,7-9H2,1H3,(H,24,28)(H,30,31)/t17-,21+/m1/s1. The zero-order chi connectivity index (χ0) is 26.9. The van der Waals surface area contributed by atoms with Crippen LogP contribution < -0.4 is 10.1 Å². The Morgan fingerprint density at radius 1 is 1.30 bits per heavy atom. The van der Waals surface area contributed by atoms with Crippen molar-refractivity contribution >= 4 is 52.8 Å². The molecule has 37 heavy (non-hydrogen) atoms. The number of carboxylic acid groups (broad SMARTS) is 1. The average Bonchev–Trinajstić information content (AvgIpc) is 3.33. The lowest BCUT2D eigenvalue weighted by Gasteiger charge is -2.49. The van der Waals surface area contributed by atoms with Gasteiger partial charge in [-0.15, -0.1) is 11.8 Å². The summed E-state index contributed by atoms with van der Waals surface area (Å²) in [6.07, 6.45) is 0. The van der Waals surface area contributed by atoms with Crippen molar-refractivity contribution in [2.75, 3.05) is 12.4 Å². The third-order valence-corrected chi connectivity index (χ3v) is 7.00. The van der Waals surface area contributed by atoms with E-state index in [2.05, 4.69) is 5.32 Å². The number of aliphatic carboxylic acids is 1. The van der Waals surface area contributed by atoms with Gasteiger partial charge in [0, 0.05) is 30.4 Å². The highest BCUT2D eigenvalue weighted by Crippen LogP contribution is 2.40. The molecule has 2 aliphatic heterocycles. The highest BCUT2D eigenvalue weighted by Gasteiger charge is 2.54. The number of thioether (sulfide) groups is 1. The largest absolute Gasteiger partial charge is 0.484 e. The highest BCUT2D eigenvalue weighted by molar-refractivity contribution is 8.00. The summed E-state index contributed by atoms with van der Waals surface area (Å²) in [7, 11) is 0. The Morgan fingerprint density at radius 3 is 2.70 bits per heavy atom. The average molecular weight is 552 g/mol. The molecule has 2 aliphatic rings. The lowest BCUT2D eigenvalue weighted by molar-refractivity contribution is -0.384. The zero-order valence-corrected chi connectivity index (χ0v) is 20.5. The number of amides is 2. The minimum Gasteiger partial charge on any atom is -0.484 e. The van der Waals surface area contributed by atoms with Crippen molar-refractivity contribution in [1.82, 2.24) is 10.2 Å². The van der Waals surface area contributed by atoms with E-state index in [1.54, 1.807) is 0 Å². The number of fused-ring (bicyclic) bond motifs is 1. The number of nitro benzene ring substituents is 1. The molecule has 0 unspecified atom stereocenters. The van der Waals surface area contributed by atoms with Crippen LogP contribution in [-0.4, -0.2) is 62.5 Å². The van der Waals surface area contributed by atoms with Gasteiger partial charge in [0.25, 0.3) is 17.5 Å². The van der Waals surface area contributed by atoms with Crippen LogP contribution in [-0.2, 0) is 25.7 Å². The third kappa shape index (κ3) is 5.39. The summed E-state index contributed by atoms with van der Waals surface area (Å²) in [4.78, 5) is 59.5. The van der Waals surface area contributed by atoms with E-state index >= 15 is 0 Å². The number of carbonyl (C=O) groups is 4. The highest BCUT2D eigenvalue weighted by atomic mass is 35.5. The van der Waals surface area contributed by atoms with Gasteiger partial charge < -0.3 is 24.3 Å². The number of nitrogens with one attached hydrogen (secondary N) is 1. The van der Waals surface area contributed by atoms with E-state index in [0.717, 1.165) is 11.0 Å². The summed E-state index contributed by atoms with van der Waals surface area (Å²) in [5.74, 6) is -2.71. The molecule has 1 aromatic carbocycles. The first-order valence-electron chi connectivity index (χ1n) is 10.6. The normalized spacial score (nSPS) is 18.5. The first-order chi connectivity index (χ1) is 17.6. The molecule has 0 radical (unpaired) electrons. The van der Waals surface area contributed by atoms with Crippen LogP contribution in [0.3, 0.4) is 0 Å². The van der Waals surface area contributed by atoms with Gasteiger partial charge in [0.1, 0.15) is 41.8 Å². The number of hydrogen-bond donors (Lipinski definition) is 2. The van der Waals surface area contributed by atoms with Crippen LogP contribution in [0.15, 0.2) is 46.0 Å². The number of halogens is 1. The number of furan rings is 1. The van der Waals surface area contributed by atoms with Gasteiger partial charge in [-0.1, -0.05) is 11.6 Å². The smallest absolute Gasteiger partial charge is 0.352 e. The molecule has 2 N–H and O–H groups in total. The molecule has 0 saturated carbocycles. The molecule has 0 aliphatic carbocycles. The number of ether oxygens (including phenoxy) is 2. The second-order valence-corrected chi connectivity index (χ2v) is 9.34. The second-order valence-electron chi connectivity index (χ2n) is 7.82. The van der Waals surface area contributed by atoms with Gasteiger partial charge in [-0.2, -0.15) is 0 Å². The fourth-order valence-electron chi connectivity index (χ4n) is 3.64. The molecule has 3 heterocycles. The van der Waals surface area contributed by atoms with Gasteiger partial charge in [0.05, 0.1) is 9.95 Å². The van der Waals surface area contributed by atoms with Crippen LogP contribution in [0.25, 0.3) is 0 Å². The van der Waals surface area contributed by atoms with Crippen molar-refractivity contribution in [1.29, 1.82) is 0 Å². The van der Waals surface area contributed by atoms with E-state index in [9.17, 15) is 34.4 Å². The lowest BCUT2D eigenvalue weighted by Crippen LogP contribution is -2.70. The Morgan fingerprint density at radius 2 is 2.05 bits per heavy atom. The number of nitro groups is 1. The van der Waals surface area contributed by atoms with E-state index in [1.165, 1.54) is 43.0 Å². The number of nitrogens with zero attached hydrogens (tertiary/aromatic N) is 2. The molecular weight excluding hydrogens is 534 g/mol. The first kappa shape index (κ1) is 26.0. The summed E-state index contributed by atoms with van der Waals surface area (Å²) < 4.78 is 15.9. The van der Waals surface area contributed by atoms with Gasteiger partial charge in [-0.05, 0) is 18.2 Å². The van der Waals surface area contributed by atoms with E-state index in [4.69, 9.17) is 25.5 Å². The van der Waals surface area contributed by atoms with Crippen molar-refractivity contribution in [3.63, 3.8) is 0 Å². The number of β-lactam (4-membered cyclic amide) rings is 1. The Kier molecular flexibility index (Phi) is 7.40. The minimum absolute atomic E-state index is 0.0301. The number of carbonyl (C=O) groups excluding carboxylic acids is 3. The minimum atomic E-state index is -1.34. The fourth-order valence-corrected chi connectivity index (χ4v) is 5.20. The molecule has 1 saturated heterocycles. The summed E-state index contributed by atoms with van der Waals surface area (Å²) >= 11 is 7.22. The van der Waals surface area contributed by atoms with Crippen LogP contribution >= 0.6 is 23.4 Å². The summed E-state index contributed by atoms with van der Waals surface area (Å²) in [6.45, 7) is 0.814. The predicted molar refractivity (Wildman–Crippen MR) is 127 cm³/mol. The van der Waals surface area contributed by atoms with Gasteiger partial charge >= 0.3 is 11.9 Å². The van der Waals surface area contributed by atoms with Crippen LogP contribution in [0.2, 0.25) is 5.02 Å². The van der Waals surface area contributed by atoms with Crippen LogP contribution in [0.1, 0.15) is 23.2 Å².